The monoisotopic (exact) mass is 618 g/mol. The molecule has 5 saturated carbocycles. The van der Waals surface area contributed by atoms with Crippen LogP contribution < -0.4 is 0 Å². The third-order valence-electron chi connectivity index (χ3n) is 14.5. The Morgan fingerprint density at radius 3 is 1.11 bits per heavy atom. The SMILES string of the molecule is CC(C)(C)C1CCC(c2nnc(C3CCC4C5CCC(c6nnc(C7CCC(C(C)(C)C)CC7)o6)CC5C(C)(C)C4C3)o2)CC1. The molecule has 0 aromatic carbocycles. The van der Waals surface area contributed by atoms with Crippen LogP contribution in [0.25, 0.3) is 0 Å². The Hall–Kier alpha value is -1.72. The molecule has 6 unspecified atom stereocenters. The first kappa shape index (κ1) is 31.9. The van der Waals surface area contributed by atoms with E-state index in [-0.39, 0.29) is 0 Å². The van der Waals surface area contributed by atoms with Crippen LogP contribution in [0.4, 0.5) is 0 Å². The van der Waals surface area contributed by atoms with Crippen molar-refractivity contribution in [1.82, 2.24) is 20.4 Å². The summed E-state index contributed by atoms with van der Waals surface area (Å²) in [4.78, 5) is 0. The number of nitrogens with zero attached hydrogens (tertiary/aromatic N) is 4. The standard InChI is InChI=1S/C39H62N4O2/c1-37(2,3)27-15-9-23(10-16-27)33-40-42-35(44-33)25-13-19-29-30-20-14-26(22-32(30)39(7,8)31(29)21-25)36-43-41-34(45-36)24-11-17-28(18-12-24)38(4,5)6/h23-32H,9-22H2,1-8H3. The van der Waals surface area contributed by atoms with Crippen molar-refractivity contribution >= 4 is 0 Å². The van der Waals surface area contributed by atoms with Gasteiger partial charge in [0.1, 0.15) is 0 Å². The summed E-state index contributed by atoms with van der Waals surface area (Å²) in [6, 6.07) is 0. The fraction of sp³-hybridized carbons (Fsp3) is 0.897. The van der Waals surface area contributed by atoms with E-state index in [9.17, 15) is 0 Å². The molecule has 0 amide bonds. The second kappa shape index (κ2) is 11.8. The minimum Gasteiger partial charge on any atom is -0.425 e. The van der Waals surface area contributed by atoms with Crippen molar-refractivity contribution in [2.45, 2.75) is 169 Å². The molecule has 0 saturated heterocycles. The van der Waals surface area contributed by atoms with Gasteiger partial charge in [-0.15, -0.1) is 20.4 Å². The van der Waals surface area contributed by atoms with Crippen LogP contribution in [-0.4, -0.2) is 20.4 Å². The van der Waals surface area contributed by atoms with Crippen LogP contribution in [0.15, 0.2) is 8.83 Å². The molecule has 45 heavy (non-hydrogen) atoms. The molecule has 5 aliphatic carbocycles. The van der Waals surface area contributed by atoms with Gasteiger partial charge in [-0.3, -0.25) is 0 Å². The molecule has 0 N–H and O–H groups in total. The Morgan fingerprint density at radius 1 is 0.467 bits per heavy atom. The van der Waals surface area contributed by atoms with Gasteiger partial charge in [-0.2, -0.15) is 0 Å². The second-order valence-electron chi connectivity index (χ2n) is 19.2. The van der Waals surface area contributed by atoms with Gasteiger partial charge in [0, 0.05) is 23.7 Å². The molecule has 0 spiro atoms. The van der Waals surface area contributed by atoms with Gasteiger partial charge in [0.25, 0.3) is 0 Å². The number of fused-ring (bicyclic) bond motifs is 3. The van der Waals surface area contributed by atoms with Crippen molar-refractivity contribution < 1.29 is 8.83 Å². The van der Waals surface area contributed by atoms with Crippen LogP contribution >= 0.6 is 0 Å². The first-order valence-corrected chi connectivity index (χ1v) is 19.0. The Bertz CT molecular complexity index is 1200. The molecule has 0 aliphatic heterocycles. The van der Waals surface area contributed by atoms with Gasteiger partial charge in [0.2, 0.25) is 23.6 Å². The van der Waals surface area contributed by atoms with Gasteiger partial charge in [-0.05, 0) is 142 Å². The first-order chi connectivity index (χ1) is 21.3. The largest absolute Gasteiger partial charge is 0.425 e. The maximum atomic E-state index is 6.52. The number of rotatable bonds is 4. The molecule has 6 atom stereocenters. The summed E-state index contributed by atoms with van der Waals surface area (Å²) in [6.45, 7) is 19.5. The predicted molar refractivity (Wildman–Crippen MR) is 178 cm³/mol. The lowest BCUT2D eigenvalue weighted by Crippen LogP contribution is -2.32. The molecule has 5 aliphatic rings. The van der Waals surface area contributed by atoms with Gasteiger partial charge in [-0.1, -0.05) is 55.4 Å². The zero-order valence-corrected chi connectivity index (χ0v) is 29.8. The first-order valence-electron chi connectivity index (χ1n) is 19.0. The topological polar surface area (TPSA) is 77.8 Å². The van der Waals surface area contributed by atoms with Crippen LogP contribution in [0.2, 0.25) is 0 Å². The third kappa shape index (κ3) is 6.07. The van der Waals surface area contributed by atoms with E-state index in [0.717, 1.165) is 59.1 Å². The van der Waals surface area contributed by atoms with Gasteiger partial charge < -0.3 is 8.83 Å². The predicted octanol–water partition coefficient (Wildman–Crippen LogP) is 10.8. The van der Waals surface area contributed by atoms with Gasteiger partial charge >= 0.3 is 0 Å². The van der Waals surface area contributed by atoms with Gasteiger partial charge in [0.15, 0.2) is 0 Å². The van der Waals surface area contributed by atoms with E-state index in [4.69, 9.17) is 19.0 Å². The molecule has 2 aromatic heterocycles. The highest BCUT2D eigenvalue weighted by Gasteiger charge is 2.58. The van der Waals surface area contributed by atoms with Crippen LogP contribution in [0.5, 0.6) is 0 Å². The zero-order valence-electron chi connectivity index (χ0n) is 29.8. The molecular weight excluding hydrogens is 556 g/mol. The van der Waals surface area contributed by atoms with E-state index in [1.54, 1.807) is 0 Å². The molecule has 7 rings (SSSR count). The highest BCUT2D eigenvalue weighted by Crippen LogP contribution is 2.66. The van der Waals surface area contributed by atoms with Crippen LogP contribution in [0, 0.1) is 51.8 Å². The Kier molecular flexibility index (Phi) is 8.32. The summed E-state index contributed by atoms with van der Waals surface area (Å²) >= 11 is 0. The van der Waals surface area contributed by atoms with Gasteiger partial charge in [0.05, 0.1) is 0 Å². The van der Waals surface area contributed by atoms with Crippen molar-refractivity contribution in [2.24, 2.45) is 51.8 Å². The van der Waals surface area contributed by atoms with E-state index < -0.39 is 0 Å². The summed E-state index contributed by atoms with van der Waals surface area (Å²) in [7, 11) is 0. The van der Waals surface area contributed by atoms with Crippen molar-refractivity contribution in [3.63, 3.8) is 0 Å². The summed E-state index contributed by atoms with van der Waals surface area (Å²) in [6.07, 6.45) is 17.3. The van der Waals surface area contributed by atoms with E-state index in [0.29, 0.717) is 39.9 Å². The maximum Gasteiger partial charge on any atom is 0.219 e. The maximum absolute atomic E-state index is 6.52. The zero-order chi connectivity index (χ0) is 31.7. The summed E-state index contributed by atoms with van der Waals surface area (Å²) in [5, 5.41) is 18.7. The lowest BCUT2D eigenvalue weighted by molar-refractivity contribution is 0.104. The lowest BCUT2D eigenvalue weighted by Gasteiger charge is -2.40. The molecule has 0 bridgehead atoms. The number of aromatic nitrogens is 4. The summed E-state index contributed by atoms with van der Waals surface area (Å²) < 4.78 is 13.0. The Labute approximate surface area is 273 Å². The Balaban J connectivity index is 0.976. The van der Waals surface area contributed by atoms with E-state index in [1.165, 1.54) is 89.9 Å². The average molecular weight is 619 g/mol. The van der Waals surface area contributed by atoms with Crippen molar-refractivity contribution in [2.75, 3.05) is 0 Å². The molecular formula is C39H62N4O2. The fourth-order valence-corrected chi connectivity index (χ4v) is 11.4. The van der Waals surface area contributed by atoms with Crippen LogP contribution in [0.3, 0.4) is 0 Å². The third-order valence-corrected chi connectivity index (χ3v) is 14.5. The van der Waals surface area contributed by atoms with Crippen molar-refractivity contribution in [1.29, 1.82) is 0 Å². The number of hydrogen-bond donors (Lipinski definition) is 0. The highest BCUT2D eigenvalue weighted by atomic mass is 16.4. The minimum atomic E-state index is 0.301. The smallest absolute Gasteiger partial charge is 0.219 e. The van der Waals surface area contributed by atoms with E-state index >= 15 is 0 Å². The van der Waals surface area contributed by atoms with E-state index in [1.807, 2.05) is 0 Å². The summed E-state index contributed by atoms with van der Waals surface area (Å²) in [5.74, 6) is 10.1. The van der Waals surface area contributed by atoms with Crippen LogP contribution in [0.1, 0.15) is 193 Å². The molecule has 5 fully saturated rings. The van der Waals surface area contributed by atoms with Gasteiger partial charge in [-0.25, -0.2) is 0 Å². The molecule has 2 heterocycles. The lowest BCUT2D eigenvalue weighted by atomic mass is 9.65. The fourth-order valence-electron chi connectivity index (χ4n) is 11.4. The molecule has 6 nitrogen and oxygen atoms in total. The normalized spacial score (nSPS) is 38.9. The van der Waals surface area contributed by atoms with E-state index in [2.05, 4.69) is 65.6 Å². The molecule has 2 aromatic rings. The molecule has 250 valence electrons. The quantitative estimate of drug-likeness (QED) is 0.339. The van der Waals surface area contributed by atoms with Crippen LogP contribution in [-0.2, 0) is 0 Å². The average Bonchev–Trinajstić information content (AvgIpc) is 3.75. The summed E-state index contributed by atoms with van der Waals surface area (Å²) in [5.41, 5.74) is 1.10. The molecule has 6 heteroatoms. The molecule has 0 radical (unpaired) electrons. The second-order valence-corrected chi connectivity index (χ2v) is 19.2. The van der Waals surface area contributed by atoms with Crippen molar-refractivity contribution in [3.8, 4) is 0 Å². The minimum absolute atomic E-state index is 0.301. The Morgan fingerprint density at radius 2 is 0.778 bits per heavy atom. The van der Waals surface area contributed by atoms with Crippen molar-refractivity contribution in [3.05, 3.63) is 23.6 Å². The number of hydrogen-bond acceptors (Lipinski definition) is 6. The highest BCUT2D eigenvalue weighted by molar-refractivity contribution is 5.12.